The molecule has 3 aliphatic heterocycles. The number of aliphatic imine (C=N–C) groups is 1. The van der Waals surface area contributed by atoms with Crippen LogP contribution in [0.3, 0.4) is 0 Å². The van der Waals surface area contributed by atoms with Crippen molar-refractivity contribution in [1.29, 1.82) is 0 Å². The van der Waals surface area contributed by atoms with E-state index in [1.54, 1.807) is 0 Å². The lowest BCUT2D eigenvalue weighted by Crippen LogP contribution is -2.42. The maximum absolute atomic E-state index is 5.73. The van der Waals surface area contributed by atoms with Gasteiger partial charge in [0, 0.05) is 45.9 Å². The van der Waals surface area contributed by atoms with E-state index in [0.29, 0.717) is 25.9 Å². The van der Waals surface area contributed by atoms with Crippen molar-refractivity contribution < 1.29 is 14.2 Å². The summed E-state index contributed by atoms with van der Waals surface area (Å²) in [5.74, 6) is 1.77. The first-order chi connectivity index (χ1) is 12.8. The molecule has 0 amide bonds. The number of ether oxygens (including phenoxy) is 3. The molecule has 26 heavy (non-hydrogen) atoms. The van der Waals surface area contributed by atoms with Gasteiger partial charge >= 0.3 is 0 Å². The highest BCUT2D eigenvalue weighted by Crippen LogP contribution is 2.18. The Morgan fingerprint density at radius 2 is 2.08 bits per heavy atom. The van der Waals surface area contributed by atoms with Crippen molar-refractivity contribution in [2.24, 2.45) is 10.9 Å². The van der Waals surface area contributed by atoms with Crippen molar-refractivity contribution in [2.45, 2.75) is 32.3 Å². The van der Waals surface area contributed by atoms with Gasteiger partial charge in [0.1, 0.15) is 0 Å². The molecule has 0 aromatic heterocycles. The molecule has 7 heteroatoms. The van der Waals surface area contributed by atoms with Crippen LogP contribution in [0.5, 0.6) is 0 Å². The van der Waals surface area contributed by atoms with E-state index in [2.05, 4.69) is 22.0 Å². The zero-order valence-electron chi connectivity index (χ0n) is 16.3. The molecule has 1 N–H and O–H groups in total. The van der Waals surface area contributed by atoms with Gasteiger partial charge in [0.05, 0.1) is 39.1 Å². The van der Waals surface area contributed by atoms with Crippen molar-refractivity contribution in [2.75, 3.05) is 78.8 Å². The molecular weight excluding hydrogens is 332 g/mol. The quantitative estimate of drug-likeness (QED) is 0.389. The molecule has 3 rings (SSSR count). The average molecular weight is 369 g/mol. The molecule has 150 valence electrons. The van der Waals surface area contributed by atoms with Crippen LogP contribution < -0.4 is 5.32 Å². The third-order valence-electron chi connectivity index (χ3n) is 5.37. The molecule has 3 saturated heterocycles. The van der Waals surface area contributed by atoms with E-state index >= 15 is 0 Å². The Labute approximate surface area is 158 Å². The van der Waals surface area contributed by atoms with Gasteiger partial charge < -0.3 is 24.4 Å². The van der Waals surface area contributed by atoms with E-state index in [4.69, 9.17) is 19.2 Å². The maximum atomic E-state index is 5.73. The highest BCUT2D eigenvalue weighted by molar-refractivity contribution is 5.80. The fourth-order valence-corrected chi connectivity index (χ4v) is 3.96. The largest absolute Gasteiger partial charge is 0.379 e. The second-order valence-electron chi connectivity index (χ2n) is 7.46. The molecule has 0 saturated carbocycles. The molecule has 3 heterocycles. The van der Waals surface area contributed by atoms with Crippen LogP contribution in [0.15, 0.2) is 4.99 Å². The minimum atomic E-state index is 0.298. The fraction of sp³-hybridized carbons (Fsp3) is 0.947. The molecule has 0 aromatic carbocycles. The lowest BCUT2D eigenvalue weighted by molar-refractivity contribution is 0.0199. The number of hydrogen-bond acceptors (Lipinski definition) is 5. The zero-order chi connectivity index (χ0) is 18.0. The van der Waals surface area contributed by atoms with E-state index in [9.17, 15) is 0 Å². The number of morpholine rings is 1. The van der Waals surface area contributed by atoms with Gasteiger partial charge in [0.2, 0.25) is 0 Å². The molecule has 0 aliphatic carbocycles. The number of likely N-dealkylation sites (tertiary alicyclic amines) is 1. The fourth-order valence-electron chi connectivity index (χ4n) is 3.96. The van der Waals surface area contributed by atoms with Gasteiger partial charge in [-0.25, -0.2) is 0 Å². The molecule has 3 fully saturated rings. The van der Waals surface area contributed by atoms with E-state index < -0.39 is 0 Å². The van der Waals surface area contributed by atoms with Crippen LogP contribution in [0.1, 0.15) is 26.2 Å². The van der Waals surface area contributed by atoms with E-state index in [1.807, 2.05) is 0 Å². The monoisotopic (exact) mass is 368 g/mol. The van der Waals surface area contributed by atoms with Crippen LogP contribution >= 0.6 is 0 Å². The third kappa shape index (κ3) is 6.37. The van der Waals surface area contributed by atoms with Gasteiger partial charge in [0.25, 0.3) is 0 Å². The highest BCUT2D eigenvalue weighted by Gasteiger charge is 2.27. The normalized spacial score (nSPS) is 28.0. The number of nitrogens with one attached hydrogen (secondary N) is 1. The predicted octanol–water partition coefficient (Wildman–Crippen LogP) is 0.802. The first-order valence-corrected chi connectivity index (χ1v) is 10.4. The van der Waals surface area contributed by atoms with Crippen LogP contribution in [-0.2, 0) is 14.2 Å². The van der Waals surface area contributed by atoms with Gasteiger partial charge in [-0.3, -0.25) is 9.89 Å². The van der Waals surface area contributed by atoms with Crippen molar-refractivity contribution in [3.8, 4) is 0 Å². The van der Waals surface area contributed by atoms with Crippen LogP contribution in [0.25, 0.3) is 0 Å². The van der Waals surface area contributed by atoms with Gasteiger partial charge in [-0.05, 0) is 32.1 Å². The van der Waals surface area contributed by atoms with Gasteiger partial charge in [0.15, 0.2) is 5.96 Å². The molecule has 2 unspecified atom stereocenters. The Hall–Kier alpha value is -0.890. The van der Waals surface area contributed by atoms with Gasteiger partial charge in [-0.1, -0.05) is 0 Å². The summed E-state index contributed by atoms with van der Waals surface area (Å²) in [6.45, 7) is 13.3. The Kier molecular flexibility index (Phi) is 8.45. The van der Waals surface area contributed by atoms with Crippen molar-refractivity contribution in [3.63, 3.8) is 0 Å². The first-order valence-electron chi connectivity index (χ1n) is 10.4. The van der Waals surface area contributed by atoms with Gasteiger partial charge in [-0.2, -0.15) is 0 Å². The summed E-state index contributed by atoms with van der Waals surface area (Å²) in [7, 11) is 0. The molecule has 0 radical (unpaired) electrons. The second-order valence-corrected chi connectivity index (χ2v) is 7.46. The third-order valence-corrected chi connectivity index (χ3v) is 5.37. The zero-order valence-corrected chi connectivity index (χ0v) is 16.3. The second kappa shape index (κ2) is 11.1. The summed E-state index contributed by atoms with van der Waals surface area (Å²) in [6, 6.07) is 0. The lowest BCUT2D eigenvalue weighted by Gasteiger charge is -2.29. The number of hydrogen-bond donors (Lipinski definition) is 1. The van der Waals surface area contributed by atoms with Crippen LogP contribution in [0.2, 0.25) is 0 Å². The number of rotatable bonds is 8. The molecule has 2 atom stereocenters. The Bertz CT molecular complexity index is 423. The maximum Gasteiger partial charge on any atom is 0.194 e. The SMILES string of the molecule is CCNC(=NCCOCC1CCCO1)N1CCC(CN2CCOCC2)C1. The van der Waals surface area contributed by atoms with Crippen molar-refractivity contribution in [3.05, 3.63) is 0 Å². The summed E-state index contributed by atoms with van der Waals surface area (Å²) >= 11 is 0. The predicted molar refractivity (Wildman–Crippen MR) is 103 cm³/mol. The van der Waals surface area contributed by atoms with Crippen LogP contribution in [0, 0.1) is 5.92 Å². The van der Waals surface area contributed by atoms with Crippen LogP contribution in [0.4, 0.5) is 0 Å². The Morgan fingerprint density at radius 1 is 1.19 bits per heavy atom. The minimum absolute atomic E-state index is 0.298. The van der Waals surface area contributed by atoms with E-state index in [1.165, 1.54) is 13.0 Å². The molecule has 7 nitrogen and oxygen atoms in total. The van der Waals surface area contributed by atoms with E-state index in [-0.39, 0.29) is 0 Å². The highest BCUT2D eigenvalue weighted by atomic mass is 16.5. The summed E-state index contributed by atoms with van der Waals surface area (Å²) in [5.41, 5.74) is 0. The minimum Gasteiger partial charge on any atom is -0.379 e. The van der Waals surface area contributed by atoms with Crippen molar-refractivity contribution in [1.82, 2.24) is 15.1 Å². The first kappa shape index (κ1) is 19.9. The summed E-state index contributed by atoms with van der Waals surface area (Å²) in [4.78, 5) is 9.73. The van der Waals surface area contributed by atoms with Crippen molar-refractivity contribution >= 4 is 5.96 Å². The Balaban J connectivity index is 1.37. The molecule has 0 spiro atoms. The van der Waals surface area contributed by atoms with E-state index in [0.717, 1.165) is 77.3 Å². The molecule has 3 aliphatic rings. The molecule has 0 aromatic rings. The summed E-state index contributed by atoms with van der Waals surface area (Å²) in [6.07, 6.45) is 3.84. The van der Waals surface area contributed by atoms with Gasteiger partial charge in [-0.15, -0.1) is 0 Å². The molecular formula is C19H36N4O3. The number of guanidine groups is 1. The standard InChI is InChI=1S/C19H36N4O3/c1-2-20-19(21-6-11-25-16-18-4-3-10-26-18)23-7-5-17(15-23)14-22-8-12-24-13-9-22/h17-18H,2-16H2,1H3,(H,20,21). The lowest BCUT2D eigenvalue weighted by atomic mass is 10.1. The summed E-state index contributed by atoms with van der Waals surface area (Å²) < 4.78 is 16.8. The topological polar surface area (TPSA) is 58.6 Å². The molecule has 0 bridgehead atoms. The Morgan fingerprint density at radius 3 is 2.85 bits per heavy atom. The van der Waals surface area contributed by atoms with Crippen LogP contribution in [-0.4, -0.2) is 101 Å². The average Bonchev–Trinajstić information content (AvgIpc) is 3.33. The number of nitrogens with zero attached hydrogens (tertiary/aromatic N) is 3. The summed E-state index contributed by atoms with van der Waals surface area (Å²) in [5, 5.41) is 3.44. The smallest absolute Gasteiger partial charge is 0.194 e.